The van der Waals surface area contributed by atoms with Gasteiger partial charge < -0.3 is 15.5 Å². The Morgan fingerprint density at radius 3 is 2.33 bits per heavy atom. The lowest BCUT2D eigenvalue weighted by Crippen LogP contribution is -2.12. The van der Waals surface area contributed by atoms with Gasteiger partial charge in [0.25, 0.3) is 0 Å². The molecule has 3 N–H and O–H groups in total. The monoisotopic (exact) mass is 307 g/mol. The molecule has 4 heteroatoms. The van der Waals surface area contributed by atoms with Crippen molar-refractivity contribution in [1.82, 2.24) is 5.32 Å². The number of benzene rings is 2. The van der Waals surface area contributed by atoms with E-state index >= 15 is 0 Å². The lowest BCUT2D eigenvalue weighted by Gasteiger charge is -2.07. The van der Waals surface area contributed by atoms with E-state index in [0.717, 1.165) is 16.6 Å². The normalized spacial score (nSPS) is 10.5. The van der Waals surface area contributed by atoms with Crippen LogP contribution in [0.25, 0.3) is 0 Å². The van der Waals surface area contributed by atoms with Gasteiger partial charge in [-0.1, -0.05) is 34.1 Å². The smallest absolute Gasteiger partial charge is 0.123 e. The Kier molecular flexibility index (Phi) is 4.23. The number of hydrogen-bond donors (Lipinski definition) is 3. The second-order valence-corrected chi connectivity index (χ2v) is 4.96. The molecule has 2 aromatic carbocycles. The zero-order valence-electron chi connectivity index (χ0n) is 9.73. The van der Waals surface area contributed by atoms with Crippen molar-refractivity contribution < 1.29 is 10.2 Å². The summed E-state index contributed by atoms with van der Waals surface area (Å²) in [5.74, 6) is 0.183. The zero-order chi connectivity index (χ0) is 13.0. The van der Waals surface area contributed by atoms with Gasteiger partial charge in [0.05, 0.1) is 0 Å². The summed E-state index contributed by atoms with van der Waals surface area (Å²) in [5.41, 5.74) is 1.95. The van der Waals surface area contributed by atoms with Crippen LogP contribution in [0.5, 0.6) is 11.5 Å². The van der Waals surface area contributed by atoms with Gasteiger partial charge in [0.15, 0.2) is 0 Å². The van der Waals surface area contributed by atoms with Gasteiger partial charge in [0, 0.05) is 29.2 Å². The van der Waals surface area contributed by atoms with Gasteiger partial charge in [0.2, 0.25) is 0 Å². The van der Waals surface area contributed by atoms with Crippen LogP contribution < -0.4 is 5.32 Å². The fraction of sp³-hybridized carbons (Fsp3) is 0.143. The molecule has 0 spiro atoms. The third-order valence-electron chi connectivity index (χ3n) is 2.63. The molecule has 0 saturated carbocycles. The quantitative estimate of drug-likeness (QED) is 0.813. The summed E-state index contributed by atoms with van der Waals surface area (Å²) in [4.78, 5) is 0. The molecule has 0 radical (unpaired) electrons. The van der Waals surface area contributed by atoms with Crippen LogP contribution in [0.3, 0.4) is 0 Å². The van der Waals surface area contributed by atoms with E-state index in [4.69, 9.17) is 0 Å². The molecule has 0 saturated heterocycles. The Bertz CT molecular complexity index is 526. The van der Waals surface area contributed by atoms with Gasteiger partial charge in [-0.05, 0) is 23.8 Å². The van der Waals surface area contributed by atoms with Crippen LogP contribution in [0.15, 0.2) is 46.9 Å². The molecule has 0 aliphatic heterocycles. The average molecular weight is 308 g/mol. The maximum Gasteiger partial charge on any atom is 0.123 e. The lowest BCUT2D eigenvalue weighted by molar-refractivity contribution is 0.443. The summed E-state index contributed by atoms with van der Waals surface area (Å²) in [6, 6.07) is 12.7. The highest BCUT2D eigenvalue weighted by molar-refractivity contribution is 9.10. The number of aromatic hydroxyl groups is 2. The van der Waals surface area contributed by atoms with Gasteiger partial charge in [-0.2, -0.15) is 0 Å². The summed E-state index contributed by atoms with van der Waals surface area (Å²) in [6.07, 6.45) is 0. The molecule has 0 aliphatic carbocycles. The molecule has 0 unspecified atom stereocenters. The Hall–Kier alpha value is -1.52. The zero-order valence-corrected chi connectivity index (χ0v) is 11.3. The molecule has 0 bridgehead atoms. The van der Waals surface area contributed by atoms with E-state index in [1.54, 1.807) is 12.1 Å². The minimum Gasteiger partial charge on any atom is -0.508 e. The van der Waals surface area contributed by atoms with Crippen molar-refractivity contribution in [1.29, 1.82) is 0 Å². The van der Waals surface area contributed by atoms with Crippen molar-refractivity contribution in [2.24, 2.45) is 0 Å². The average Bonchev–Trinajstić information content (AvgIpc) is 2.34. The molecule has 0 amide bonds. The minimum atomic E-state index is 0.0733. The second-order valence-electron chi connectivity index (χ2n) is 4.04. The number of hydrogen-bond acceptors (Lipinski definition) is 3. The van der Waals surface area contributed by atoms with E-state index in [9.17, 15) is 10.2 Å². The second kappa shape index (κ2) is 5.89. The van der Waals surface area contributed by atoms with E-state index < -0.39 is 0 Å². The van der Waals surface area contributed by atoms with Crippen molar-refractivity contribution in [3.8, 4) is 11.5 Å². The number of phenols is 2. The van der Waals surface area contributed by atoms with Gasteiger partial charge >= 0.3 is 0 Å². The number of nitrogens with one attached hydrogen (secondary N) is 1. The first-order valence-corrected chi connectivity index (χ1v) is 6.40. The summed E-state index contributed by atoms with van der Waals surface area (Å²) in [7, 11) is 0. The highest BCUT2D eigenvalue weighted by Crippen LogP contribution is 2.22. The van der Waals surface area contributed by atoms with Gasteiger partial charge in [-0.3, -0.25) is 0 Å². The number of halogens is 1. The van der Waals surface area contributed by atoms with Crippen molar-refractivity contribution >= 4 is 15.9 Å². The van der Waals surface area contributed by atoms with Crippen molar-refractivity contribution in [2.75, 3.05) is 0 Å². The van der Waals surface area contributed by atoms with Crippen LogP contribution in [-0.4, -0.2) is 10.2 Å². The van der Waals surface area contributed by atoms with E-state index in [1.807, 2.05) is 24.3 Å². The standard InChI is InChI=1S/C14H14BrNO2/c15-12-4-1-10(2-5-12)8-16-9-11-3-6-13(17)7-14(11)18/h1-7,16-18H,8-9H2. The molecule has 0 aromatic heterocycles. The number of phenolic OH excluding ortho intramolecular Hbond substituents is 2. The maximum atomic E-state index is 9.62. The Morgan fingerprint density at radius 2 is 1.67 bits per heavy atom. The molecular weight excluding hydrogens is 294 g/mol. The summed E-state index contributed by atoms with van der Waals surface area (Å²) in [5, 5.41) is 22.0. The summed E-state index contributed by atoms with van der Waals surface area (Å²) in [6.45, 7) is 1.29. The van der Waals surface area contributed by atoms with Gasteiger partial charge in [-0.25, -0.2) is 0 Å². The first-order valence-electron chi connectivity index (χ1n) is 5.61. The maximum absolute atomic E-state index is 9.62. The molecule has 94 valence electrons. The summed E-state index contributed by atoms with van der Waals surface area (Å²) < 4.78 is 1.06. The predicted octanol–water partition coefficient (Wildman–Crippen LogP) is 3.15. The first-order chi connectivity index (χ1) is 8.65. The molecule has 18 heavy (non-hydrogen) atoms. The van der Waals surface area contributed by atoms with Gasteiger partial charge in [-0.15, -0.1) is 0 Å². The minimum absolute atomic E-state index is 0.0733. The van der Waals surface area contributed by atoms with Crippen LogP contribution >= 0.6 is 15.9 Å². The van der Waals surface area contributed by atoms with Gasteiger partial charge in [0.1, 0.15) is 11.5 Å². The molecule has 3 nitrogen and oxygen atoms in total. The van der Waals surface area contributed by atoms with E-state index in [1.165, 1.54) is 11.6 Å². The first kappa shape index (κ1) is 12.9. The van der Waals surface area contributed by atoms with Crippen LogP contribution in [0.4, 0.5) is 0 Å². The third kappa shape index (κ3) is 3.48. The van der Waals surface area contributed by atoms with Crippen molar-refractivity contribution in [3.05, 3.63) is 58.1 Å². The molecule has 0 atom stereocenters. The van der Waals surface area contributed by atoms with Crippen LogP contribution in [0.2, 0.25) is 0 Å². The SMILES string of the molecule is Oc1ccc(CNCc2ccc(Br)cc2)c(O)c1. The van der Waals surface area contributed by atoms with E-state index in [2.05, 4.69) is 21.2 Å². The van der Waals surface area contributed by atoms with Crippen molar-refractivity contribution in [3.63, 3.8) is 0 Å². The van der Waals surface area contributed by atoms with Crippen LogP contribution in [0, 0.1) is 0 Å². The van der Waals surface area contributed by atoms with E-state index in [0.29, 0.717) is 6.54 Å². The molecular formula is C14H14BrNO2. The Morgan fingerprint density at radius 1 is 0.944 bits per heavy atom. The molecule has 2 aromatic rings. The van der Waals surface area contributed by atoms with Crippen LogP contribution in [-0.2, 0) is 13.1 Å². The Balaban J connectivity index is 1.90. The fourth-order valence-corrected chi connectivity index (χ4v) is 1.91. The topological polar surface area (TPSA) is 52.5 Å². The van der Waals surface area contributed by atoms with Crippen molar-refractivity contribution in [2.45, 2.75) is 13.1 Å². The molecule has 2 rings (SSSR count). The molecule has 0 aliphatic rings. The Labute approximate surface area is 114 Å². The number of rotatable bonds is 4. The van der Waals surface area contributed by atoms with Crippen LogP contribution in [0.1, 0.15) is 11.1 Å². The highest BCUT2D eigenvalue weighted by atomic mass is 79.9. The third-order valence-corrected chi connectivity index (χ3v) is 3.16. The predicted molar refractivity (Wildman–Crippen MR) is 74.5 cm³/mol. The highest BCUT2D eigenvalue weighted by Gasteiger charge is 2.01. The molecule has 0 heterocycles. The van der Waals surface area contributed by atoms with E-state index in [-0.39, 0.29) is 11.5 Å². The fourth-order valence-electron chi connectivity index (χ4n) is 1.65. The summed E-state index contributed by atoms with van der Waals surface area (Å²) >= 11 is 3.39. The largest absolute Gasteiger partial charge is 0.508 e. The lowest BCUT2D eigenvalue weighted by atomic mass is 10.2. The molecule has 0 fully saturated rings.